The van der Waals surface area contributed by atoms with Crippen molar-refractivity contribution in [2.75, 3.05) is 26.2 Å². The number of halogens is 1. The number of aromatic nitrogens is 1. The first-order valence-electron chi connectivity index (χ1n) is 10.8. The minimum Gasteiger partial charge on any atom is -0.445 e. The maximum Gasteiger partial charge on any atom is 0.242 e. The summed E-state index contributed by atoms with van der Waals surface area (Å²) < 4.78 is 6.02. The van der Waals surface area contributed by atoms with Crippen molar-refractivity contribution in [3.05, 3.63) is 52.7 Å². The van der Waals surface area contributed by atoms with Crippen LogP contribution in [0.3, 0.4) is 0 Å². The van der Waals surface area contributed by atoms with Gasteiger partial charge in [-0.3, -0.25) is 9.59 Å². The molecular formula is C23H28ClN3O3. The van der Waals surface area contributed by atoms with Gasteiger partial charge in [-0.2, -0.15) is 0 Å². The molecular weight excluding hydrogens is 402 g/mol. The molecule has 3 heterocycles. The molecule has 1 aromatic carbocycles. The number of hydrogen-bond acceptors (Lipinski definition) is 4. The van der Waals surface area contributed by atoms with Crippen molar-refractivity contribution in [2.45, 2.75) is 50.9 Å². The van der Waals surface area contributed by atoms with Gasteiger partial charge < -0.3 is 14.2 Å². The van der Waals surface area contributed by atoms with Gasteiger partial charge in [0, 0.05) is 37.5 Å². The summed E-state index contributed by atoms with van der Waals surface area (Å²) in [5, 5.41) is 0.716. The molecule has 0 N–H and O–H groups in total. The van der Waals surface area contributed by atoms with Gasteiger partial charge in [-0.15, -0.1) is 0 Å². The zero-order valence-electron chi connectivity index (χ0n) is 17.2. The van der Waals surface area contributed by atoms with Crippen LogP contribution in [0, 0.1) is 0 Å². The molecule has 0 bridgehead atoms. The van der Waals surface area contributed by atoms with Crippen molar-refractivity contribution >= 4 is 23.4 Å². The number of oxazole rings is 1. The average Bonchev–Trinajstić information content (AvgIpc) is 3.13. The van der Waals surface area contributed by atoms with Crippen LogP contribution in [0.1, 0.15) is 61.7 Å². The molecule has 2 aromatic rings. The largest absolute Gasteiger partial charge is 0.445 e. The van der Waals surface area contributed by atoms with Gasteiger partial charge in [0.25, 0.3) is 0 Å². The summed E-state index contributed by atoms with van der Waals surface area (Å²) in [5.41, 5.74) is 1.00. The van der Waals surface area contributed by atoms with Crippen LogP contribution in [0.15, 0.2) is 34.9 Å². The van der Waals surface area contributed by atoms with E-state index < -0.39 is 0 Å². The van der Waals surface area contributed by atoms with Crippen LogP contribution in [-0.2, 0) is 16.0 Å². The van der Waals surface area contributed by atoms with Crippen LogP contribution in [0.25, 0.3) is 0 Å². The highest BCUT2D eigenvalue weighted by atomic mass is 35.5. The monoisotopic (exact) mass is 429 g/mol. The molecule has 2 aliphatic rings. The van der Waals surface area contributed by atoms with Crippen molar-refractivity contribution in [1.82, 2.24) is 14.8 Å². The zero-order valence-corrected chi connectivity index (χ0v) is 17.9. The second-order valence-electron chi connectivity index (χ2n) is 8.24. The van der Waals surface area contributed by atoms with E-state index >= 15 is 0 Å². The molecule has 1 aromatic heterocycles. The van der Waals surface area contributed by atoms with E-state index in [1.807, 2.05) is 29.2 Å². The van der Waals surface area contributed by atoms with E-state index in [1.54, 1.807) is 11.1 Å². The molecule has 0 radical (unpaired) electrons. The number of hydrogen-bond donors (Lipinski definition) is 0. The molecule has 30 heavy (non-hydrogen) atoms. The Kier molecular flexibility index (Phi) is 6.72. The van der Waals surface area contributed by atoms with Crippen molar-refractivity contribution in [2.24, 2.45) is 0 Å². The van der Waals surface area contributed by atoms with E-state index in [2.05, 4.69) is 4.98 Å². The van der Waals surface area contributed by atoms with Gasteiger partial charge in [0.05, 0.1) is 18.7 Å². The fourth-order valence-corrected chi connectivity index (χ4v) is 4.50. The molecule has 2 fully saturated rings. The summed E-state index contributed by atoms with van der Waals surface area (Å²) in [6.45, 7) is 2.19. The number of carbonyl (C=O) groups excluding carboxylic acids is 2. The smallest absolute Gasteiger partial charge is 0.242 e. The predicted molar refractivity (Wildman–Crippen MR) is 114 cm³/mol. The van der Waals surface area contributed by atoms with E-state index in [0.717, 1.165) is 50.0 Å². The Hall–Kier alpha value is -2.34. The summed E-state index contributed by atoms with van der Waals surface area (Å²) >= 11 is 6.25. The number of nitrogens with zero attached hydrogens (tertiary/aromatic N) is 3. The van der Waals surface area contributed by atoms with Gasteiger partial charge in [-0.25, -0.2) is 4.98 Å². The van der Waals surface area contributed by atoms with Gasteiger partial charge in [0.2, 0.25) is 11.8 Å². The Morgan fingerprint density at radius 3 is 2.90 bits per heavy atom. The number of likely N-dealkylation sites (tertiary alicyclic amines) is 2. The molecule has 2 aliphatic heterocycles. The molecule has 160 valence electrons. The van der Waals surface area contributed by atoms with Crippen LogP contribution in [-0.4, -0.2) is 52.8 Å². The van der Waals surface area contributed by atoms with E-state index in [9.17, 15) is 9.59 Å². The van der Waals surface area contributed by atoms with Gasteiger partial charge in [0.1, 0.15) is 5.76 Å². The Labute approximate surface area is 182 Å². The van der Waals surface area contributed by atoms with Crippen molar-refractivity contribution in [3.8, 4) is 0 Å². The fourth-order valence-electron chi connectivity index (χ4n) is 4.30. The van der Waals surface area contributed by atoms with Crippen LogP contribution in [0.4, 0.5) is 0 Å². The molecule has 2 saturated heterocycles. The van der Waals surface area contributed by atoms with Crippen LogP contribution in [0.5, 0.6) is 0 Å². The third-order valence-electron chi connectivity index (χ3n) is 6.01. The molecule has 0 aliphatic carbocycles. The SMILES string of the molecule is O=C1CCCCCN1CC(=O)N1CCC[C@H](c2ncc(Cc3ccccc3Cl)o2)C1. The number of amides is 2. The lowest BCUT2D eigenvalue weighted by Crippen LogP contribution is -2.46. The summed E-state index contributed by atoms with van der Waals surface area (Å²) in [5.74, 6) is 1.67. The maximum absolute atomic E-state index is 12.9. The van der Waals surface area contributed by atoms with Gasteiger partial charge in [0.15, 0.2) is 5.89 Å². The third kappa shape index (κ3) is 5.04. The lowest BCUT2D eigenvalue weighted by Gasteiger charge is -2.33. The third-order valence-corrected chi connectivity index (χ3v) is 6.38. The minimum absolute atomic E-state index is 0.0257. The number of benzene rings is 1. The first-order chi connectivity index (χ1) is 14.6. The van der Waals surface area contributed by atoms with Crippen LogP contribution in [0.2, 0.25) is 5.02 Å². The molecule has 7 heteroatoms. The highest BCUT2D eigenvalue weighted by Crippen LogP contribution is 2.28. The average molecular weight is 430 g/mol. The maximum atomic E-state index is 12.9. The normalized spacial score (nSPS) is 20.3. The van der Waals surface area contributed by atoms with Crippen LogP contribution < -0.4 is 0 Å². The van der Waals surface area contributed by atoms with E-state index in [0.29, 0.717) is 36.8 Å². The Balaban J connectivity index is 1.37. The van der Waals surface area contributed by atoms with E-state index in [4.69, 9.17) is 16.0 Å². The molecule has 2 amide bonds. The number of piperidine rings is 1. The lowest BCUT2D eigenvalue weighted by molar-refractivity contribution is -0.141. The van der Waals surface area contributed by atoms with E-state index in [1.165, 1.54) is 0 Å². The zero-order chi connectivity index (χ0) is 20.9. The lowest BCUT2D eigenvalue weighted by atomic mass is 9.98. The summed E-state index contributed by atoms with van der Waals surface area (Å²) in [6.07, 6.45) is 7.73. The molecule has 0 spiro atoms. The number of carbonyl (C=O) groups is 2. The predicted octanol–water partition coefficient (Wildman–Crippen LogP) is 4.03. The highest BCUT2D eigenvalue weighted by molar-refractivity contribution is 6.31. The van der Waals surface area contributed by atoms with Gasteiger partial charge >= 0.3 is 0 Å². The Morgan fingerprint density at radius 1 is 1.17 bits per heavy atom. The first-order valence-corrected chi connectivity index (χ1v) is 11.2. The van der Waals surface area contributed by atoms with Crippen molar-refractivity contribution in [3.63, 3.8) is 0 Å². The molecule has 1 atom stereocenters. The quantitative estimate of drug-likeness (QED) is 0.719. The van der Waals surface area contributed by atoms with Crippen molar-refractivity contribution in [1.29, 1.82) is 0 Å². The van der Waals surface area contributed by atoms with Gasteiger partial charge in [-0.1, -0.05) is 36.2 Å². The highest BCUT2D eigenvalue weighted by Gasteiger charge is 2.29. The second kappa shape index (κ2) is 9.65. The Morgan fingerprint density at radius 2 is 2.03 bits per heavy atom. The fraction of sp³-hybridized carbons (Fsp3) is 0.522. The second-order valence-corrected chi connectivity index (χ2v) is 8.65. The minimum atomic E-state index is 0.0257. The Bertz CT molecular complexity index is 897. The van der Waals surface area contributed by atoms with E-state index in [-0.39, 0.29) is 24.3 Å². The van der Waals surface area contributed by atoms with Crippen molar-refractivity contribution < 1.29 is 14.0 Å². The molecule has 0 saturated carbocycles. The standard InChI is InChI=1S/C23H28ClN3O3/c24-20-9-4-3-7-17(20)13-19-14-25-23(30-19)18-8-6-12-26(15-18)22(29)16-27-11-5-1-2-10-21(27)28/h3-4,7,9,14,18H,1-2,5-6,8,10-13,15-16H2/t18-/m0/s1. The summed E-state index contributed by atoms with van der Waals surface area (Å²) in [6, 6.07) is 7.71. The molecule has 4 rings (SSSR count). The van der Waals surface area contributed by atoms with Crippen LogP contribution >= 0.6 is 11.6 Å². The first kappa shape index (κ1) is 20.9. The molecule has 0 unspecified atom stereocenters. The summed E-state index contributed by atoms with van der Waals surface area (Å²) in [7, 11) is 0. The summed E-state index contributed by atoms with van der Waals surface area (Å²) in [4.78, 5) is 33.1. The van der Waals surface area contributed by atoms with Gasteiger partial charge in [-0.05, 0) is 37.3 Å². The molecule has 6 nitrogen and oxygen atoms in total. The number of rotatable bonds is 5. The topological polar surface area (TPSA) is 66.7 Å².